The van der Waals surface area contributed by atoms with Crippen molar-refractivity contribution in [3.8, 4) is 0 Å². The summed E-state index contributed by atoms with van der Waals surface area (Å²) in [4.78, 5) is 11.9. The zero-order chi connectivity index (χ0) is 10.9. The lowest BCUT2D eigenvalue weighted by atomic mass is 10.6. The van der Waals surface area contributed by atoms with Crippen LogP contribution in [-0.4, -0.2) is 21.6 Å². The summed E-state index contributed by atoms with van der Waals surface area (Å²) < 4.78 is 50.7. The first-order valence-electron chi connectivity index (χ1n) is 2.45. The molecule has 0 atom stereocenters. The van der Waals surface area contributed by atoms with E-state index >= 15 is 0 Å². The average Bonchev–Trinajstić information content (AvgIpc) is 1.82. The standard InChI is InChI=1S/C4Br2F4O3/c5-3(7,8)1(11)13-2(12)4(6,9)10. The maximum absolute atomic E-state index is 11.9. The summed E-state index contributed by atoms with van der Waals surface area (Å²) in [5.41, 5.74) is 0. The Hall–Kier alpha value is -0.180. The van der Waals surface area contributed by atoms with Gasteiger partial charge in [0.05, 0.1) is 0 Å². The van der Waals surface area contributed by atoms with Gasteiger partial charge in [-0.05, 0) is 0 Å². The second kappa shape index (κ2) is 3.91. The fourth-order valence-corrected chi connectivity index (χ4v) is 0.362. The maximum Gasteiger partial charge on any atom is 0.396 e. The number of halogens is 6. The van der Waals surface area contributed by atoms with Crippen molar-refractivity contribution in [2.45, 2.75) is 9.66 Å². The predicted octanol–water partition coefficient (Wildman–Crippen LogP) is 2.03. The van der Waals surface area contributed by atoms with Gasteiger partial charge in [-0.2, -0.15) is 17.6 Å². The normalized spacial score (nSPS) is 12.5. The number of hydrogen-bond acceptors (Lipinski definition) is 3. The van der Waals surface area contributed by atoms with E-state index in [1.807, 2.05) is 0 Å². The van der Waals surface area contributed by atoms with E-state index in [0.29, 0.717) is 0 Å². The van der Waals surface area contributed by atoms with Gasteiger partial charge in [0, 0.05) is 31.9 Å². The molecule has 9 heteroatoms. The summed E-state index contributed by atoms with van der Waals surface area (Å²) in [6.07, 6.45) is 0. The summed E-state index contributed by atoms with van der Waals surface area (Å²) >= 11 is 3.04. The van der Waals surface area contributed by atoms with Gasteiger partial charge in [-0.25, -0.2) is 9.59 Å². The molecule has 0 unspecified atom stereocenters. The van der Waals surface area contributed by atoms with E-state index in [0.717, 1.165) is 0 Å². The van der Waals surface area contributed by atoms with E-state index < -0.39 is 21.6 Å². The molecule has 13 heavy (non-hydrogen) atoms. The minimum atomic E-state index is -4.17. The number of rotatable bonds is 2. The summed E-state index contributed by atoms with van der Waals surface area (Å²) in [6.45, 7) is 0. The molecule has 76 valence electrons. The molecule has 0 amide bonds. The van der Waals surface area contributed by atoms with Gasteiger partial charge in [0.2, 0.25) is 0 Å². The van der Waals surface area contributed by atoms with E-state index in [-0.39, 0.29) is 0 Å². The predicted molar refractivity (Wildman–Crippen MR) is 38.8 cm³/mol. The Morgan fingerprint density at radius 1 is 0.923 bits per heavy atom. The fraction of sp³-hybridized carbons (Fsp3) is 0.500. The topological polar surface area (TPSA) is 43.4 Å². The molecule has 0 saturated carbocycles. The molecule has 0 saturated heterocycles. The number of hydrogen-bond donors (Lipinski definition) is 0. The van der Waals surface area contributed by atoms with Crippen LogP contribution in [0.25, 0.3) is 0 Å². The Bertz CT molecular complexity index is 207. The molecule has 0 fully saturated rings. The molecule has 0 aromatic heterocycles. The van der Waals surface area contributed by atoms with Crippen molar-refractivity contribution < 1.29 is 31.9 Å². The lowest BCUT2D eigenvalue weighted by molar-refractivity contribution is -0.178. The monoisotopic (exact) mass is 330 g/mol. The smallest absolute Gasteiger partial charge is 0.383 e. The third-order valence-electron chi connectivity index (χ3n) is 0.648. The van der Waals surface area contributed by atoms with Crippen LogP contribution in [0.3, 0.4) is 0 Å². The lowest BCUT2D eigenvalue weighted by Gasteiger charge is -2.09. The Labute approximate surface area is 85.7 Å². The van der Waals surface area contributed by atoms with E-state index in [1.54, 1.807) is 0 Å². The molecule has 0 aromatic rings. The second-order valence-corrected chi connectivity index (χ2v) is 3.66. The van der Waals surface area contributed by atoms with Crippen molar-refractivity contribution in [2.24, 2.45) is 0 Å². The molecule has 0 aliphatic carbocycles. The van der Waals surface area contributed by atoms with E-state index in [2.05, 4.69) is 4.74 Å². The molecule has 0 rings (SSSR count). The summed E-state index contributed by atoms with van der Waals surface area (Å²) in [5, 5.41) is 0. The van der Waals surface area contributed by atoms with Gasteiger partial charge in [-0.1, -0.05) is 0 Å². The first-order valence-corrected chi connectivity index (χ1v) is 4.04. The summed E-state index contributed by atoms with van der Waals surface area (Å²) in [5.74, 6) is -4.81. The minimum Gasteiger partial charge on any atom is -0.383 e. The van der Waals surface area contributed by atoms with Crippen LogP contribution in [0.15, 0.2) is 0 Å². The maximum atomic E-state index is 11.9. The third-order valence-corrected chi connectivity index (χ3v) is 1.30. The van der Waals surface area contributed by atoms with E-state index in [9.17, 15) is 27.2 Å². The second-order valence-electron chi connectivity index (χ2n) is 1.67. The van der Waals surface area contributed by atoms with Gasteiger partial charge in [0.1, 0.15) is 0 Å². The molecule has 0 spiro atoms. The number of ether oxygens (including phenoxy) is 1. The summed E-state index contributed by atoms with van der Waals surface area (Å²) in [7, 11) is 0. The van der Waals surface area contributed by atoms with Crippen molar-refractivity contribution in [1.29, 1.82) is 0 Å². The first-order chi connectivity index (χ1) is 5.55. The highest BCUT2D eigenvalue weighted by Crippen LogP contribution is 2.27. The molecular weight excluding hydrogens is 332 g/mol. The first kappa shape index (κ1) is 12.8. The number of carbonyl (C=O) groups is 2. The quantitative estimate of drug-likeness (QED) is 0.336. The van der Waals surface area contributed by atoms with Crippen LogP contribution >= 0.6 is 31.9 Å². The van der Waals surface area contributed by atoms with Crippen molar-refractivity contribution in [3.63, 3.8) is 0 Å². The highest BCUT2D eigenvalue weighted by atomic mass is 79.9. The van der Waals surface area contributed by atoms with Crippen LogP contribution in [-0.2, 0) is 14.3 Å². The van der Waals surface area contributed by atoms with Crippen LogP contribution in [0.4, 0.5) is 17.6 Å². The molecule has 0 bridgehead atoms. The van der Waals surface area contributed by atoms with Crippen molar-refractivity contribution in [3.05, 3.63) is 0 Å². The largest absolute Gasteiger partial charge is 0.396 e. The van der Waals surface area contributed by atoms with Gasteiger partial charge in [-0.3, -0.25) is 0 Å². The average molecular weight is 332 g/mol. The molecule has 3 nitrogen and oxygen atoms in total. The van der Waals surface area contributed by atoms with E-state index in [1.165, 1.54) is 31.9 Å². The number of carbonyl (C=O) groups excluding carboxylic acids is 2. The molecule has 0 aliphatic rings. The van der Waals surface area contributed by atoms with E-state index in [4.69, 9.17) is 0 Å². The lowest BCUT2D eigenvalue weighted by Crippen LogP contribution is -2.32. The Morgan fingerprint density at radius 3 is 1.31 bits per heavy atom. The van der Waals surface area contributed by atoms with Gasteiger partial charge in [-0.15, -0.1) is 0 Å². The van der Waals surface area contributed by atoms with Crippen LogP contribution in [0, 0.1) is 0 Å². The van der Waals surface area contributed by atoms with Gasteiger partial charge < -0.3 is 4.74 Å². The highest BCUT2D eigenvalue weighted by Gasteiger charge is 2.45. The minimum absolute atomic E-state index is 1.52. The molecule has 0 aromatic carbocycles. The number of alkyl halides is 6. The zero-order valence-corrected chi connectivity index (χ0v) is 8.66. The Morgan fingerprint density at radius 2 is 1.15 bits per heavy atom. The van der Waals surface area contributed by atoms with Crippen LogP contribution in [0.2, 0.25) is 0 Å². The molecular formula is C4Br2F4O3. The third kappa shape index (κ3) is 4.55. The SMILES string of the molecule is O=C(OC(=O)C(F)(F)Br)C(F)(F)Br. The van der Waals surface area contributed by atoms with Gasteiger partial charge >= 0.3 is 21.6 Å². The fourth-order valence-electron chi connectivity index (χ4n) is 0.200. The number of esters is 2. The Balaban J connectivity index is 4.34. The molecule has 0 radical (unpaired) electrons. The van der Waals surface area contributed by atoms with Crippen LogP contribution in [0.1, 0.15) is 0 Å². The van der Waals surface area contributed by atoms with Crippen molar-refractivity contribution in [2.75, 3.05) is 0 Å². The van der Waals surface area contributed by atoms with Crippen molar-refractivity contribution in [1.82, 2.24) is 0 Å². The molecule has 0 aliphatic heterocycles. The van der Waals surface area contributed by atoms with Crippen LogP contribution in [0.5, 0.6) is 0 Å². The summed E-state index contributed by atoms with van der Waals surface area (Å²) in [6, 6.07) is 0. The molecule has 0 N–H and O–H groups in total. The Kier molecular flexibility index (Phi) is 3.85. The van der Waals surface area contributed by atoms with Crippen LogP contribution < -0.4 is 0 Å². The zero-order valence-electron chi connectivity index (χ0n) is 5.49. The molecule has 0 heterocycles. The van der Waals surface area contributed by atoms with Crippen molar-refractivity contribution >= 4 is 43.8 Å². The van der Waals surface area contributed by atoms with Gasteiger partial charge in [0.25, 0.3) is 0 Å². The highest BCUT2D eigenvalue weighted by molar-refractivity contribution is 9.10. The van der Waals surface area contributed by atoms with Gasteiger partial charge in [0.15, 0.2) is 0 Å².